The minimum absolute atomic E-state index is 0.313. The number of carboxylic acids is 1. The van der Waals surface area contributed by atoms with Gasteiger partial charge in [0, 0.05) is 6.54 Å². The lowest BCUT2D eigenvalue weighted by molar-refractivity contribution is 0.0697. The summed E-state index contributed by atoms with van der Waals surface area (Å²) in [5.41, 5.74) is 2.07. The molecular weight excluding hydrogens is 248 g/mol. The van der Waals surface area contributed by atoms with Gasteiger partial charge in [-0.3, -0.25) is 0 Å². The molecule has 96 valence electrons. The first kappa shape index (κ1) is 13.0. The first-order chi connectivity index (χ1) is 8.72. The van der Waals surface area contributed by atoms with E-state index in [0.717, 1.165) is 29.8 Å². The Morgan fingerprint density at radius 3 is 3.00 bits per heavy atom. The van der Waals surface area contributed by atoms with Crippen molar-refractivity contribution in [3.8, 4) is 0 Å². The van der Waals surface area contributed by atoms with Crippen LogP contribution < -0.4 is 0 Å². The van der Waals surface area contributed by atoms with Crippen molar-refractivity contribution in [1.29, 1.82) is 0 Å². The van der Waals surface area contributed by atoms with Gasteiger partial charge in [0.1, 0.15) is 0 Å². The molecule has 0 fully saturated rings. The molecular formula is C13H16N2O2S. The van der Waals surface area contributed by atoms with Crippen molar-refractivity contribution in [3.63, 3.8) is 0 Å². The Labute approximate surface area is 110 Å². The topological polar surface area (TPSA) is 55.1 Å². The average Bonchev–Trinajstić information content (AvgIpc) is 2.77. The molecule has 0 unspecified atom stereocenters. The summed E-state index contributed by atoms with van der Waals surface area (Å²) in [5.74, 6) is 0.263. The summed E-state index contributed by atoms with van der Waals surface area (Å²) in [6.07, 6.45) is 6.14. The van der Waals surface area contributed by atoms with Crippen molar-refractivity contribution in [2.24, 2.45) is 0 Å². The maximum Gasteiger partial charge on any atom is 0.335 e. The average molecular weight is 264 g/mol. The van der Waals surface area contributed by atoms with Crippen molar-refractivity contribution < 1.29 is 9.90 Å². The second-order valence-corrected chi connectivity index (χ2v) is 5.13. The first-order valence-electron chi connectivity index (χ1n) is 5.89. The molecule has 0 aliphatic heterocycles. The number of thioether (sulfide) groups is 1. The summed E-state index contributed by atoms with van der Waals surface area (Å²) < 4.78 is 2.03. The number of aromatic carboxylic acids is 1. The summed E-state index contributed by atoms with van der Waals surface area (Å²) in [4.78, 5) is 15.2. The zero-order chi connectivity index (χ0) is 13.0. The number of nitrogens with zero attached hydrogens (tertiary/aromatic N) is 2. The fraction of sp³-hybridized carbons (Fsp3) is 0.385. The van der Waals surface area contributed by atoms with Gasteiger partial charge in [-0.2, -0.15) is 11.8 Å². The number of hydrogen-bond donors (Lipinski definition) is 1. The normalized spacial score (nSPS) is 10.9. The lowest BCUT2D eigenvalue weighted by Gasteiger charge is -2.04. The SMILES string of the molecule is CSCCCCn1cnc2ccc(C(=O)O)cc21. The third kappa shape index (κ3) is 2.85. The van der Waals surface area contributed by atoms with Gasteiger partial charge in [-0.1, -0.05) is 0 Å². The van der Waals surface area contributed by atoms with E-state index in [1.54, 1.807) is 24.5 Å². The number of carboxylic acid groups (broad SMARTS) is 1. The Hall–Kier alpha value is -1.49. The predicted octanol–water partition coefficient (Wildman–Crippen LogP) is 2.88. The van der Waals surface area contributed by atoms with Crippen LogP contribution in [0.15, 0.2) is 24.5 Å². The number of benzene rings is 1. The molecule has 18 heavy (non-hydrogen) atoms. The van der Waals surface area contributed by atoms with Crippen molar-refractivity contribution in [2.45, 2.75) is 19.4 Å². The van der Waals surface area contributed by atoms with Crippen molar-refractivity contribution in [1.82, 2.24) is 9.55 Å². The lowest BCUT2D eigenvalue weighted by Crippen LogP contribution is -1.99. The molecule has 0 aliphatic rings. The highest BCUT2D eigenvalue weighted by Crippen LogP contribution is 2.16. The van der Waals surface area contributed by atoms with E-state index in [1.165, 1.54) is 6.42 Å². The van der Waals surface area contributed by atoms with Crippen LogP contribution in [0.2, 0.25) is 0 Å². The summed E-state index contributed by atoms with van der Waals surface area (Å²) in [6, 6.07) is 5.05. The van der Waals surface area contributed by atoms with Gasteiger partial charge >= 0.3 is 5.97 Å². The number of aryl methyl sites for hydroxylation is 1. The molecule has 0 aliphatic carbocycles. The van der Waals surface area contributed by atoms with Crippen LogP contribution in [-0.2, 0) is 6.54 Å². The molecule has 1 N–H and O–H groups in total. The molecule has 2 rings (SSSR count). The smallest absolute Gasteiger partial charge is 0.335 e. The summed E-state index contributed by atoms with van der Waals surface area (Å²) in [5, 5.41) is 8.99. The Morgan fingerprint density at radius 1 is 1.44 bits per heavy atom. The van der Waals surface area contributed by atoms with Crippen LogP contribution in [0.4, 0.5) is 0 Å². The third-order valence-electron chi connectivity index (χ3n) is 2.87. The molecule has 1 aromatic heterocycles. The molecule has 0 atom stereocenters. The van der Waals surface area contributed by atoms with E-state index < -0.39 is 5.97 Å². The minimum Gasteiger partial charge on any atom is -0.478 e. The Balaban J connectivity index is 2.17. The highest BCUT2D eigenvalue weighted by Gasteiger charge is 2.07. The number of carbonyl (C=O) groups is 1. The molecule has 0 radical (unpaired) electrons. The van der Waals surface area contributed by atoms with E-state index >= 15 is 0 Å². The standard InChI is InChI=1S/C13H16N2O2S/c1-18-7-3-2-6-15-9-14-11-5-4-10(13(16)17)8-12(11)15/h4-5,8-9H,2-3,6-7H2,1H3,(H,16,17). The molecule has 4 nitrogen and oxygen atoms in total. The van der Waals surface area contributed by atoms with Gasteiger partial charge in [-0.15, -0.1) is 0 Å². The van der Waals surface area contributed by atoms with Gasteiger partial charge in [0.05, 0.1) is 22.9 Å². The minimum atomic E-state index is -0.896. The summed E-state index contributed by atoms with van der Waals surface area (Å²) in [7, 11) is 0. The van der Waals surface area contributed by atoms with Crippen LogP contribution in [0.25, 0.3) is 11.0 Å². The van der Waals surface area contributed by atoms with E-state index in [9.17, 15) is 4.79 Å². The van der Waals surface area contributed by atoms with E-state index in [2.05, 4.69) is 11.2 Å². The van der Waals surface area contributed by atoms with E-state index in [4.69, 9.17) is 5.11 Å². The van der Waals surface area contributed by atoms with E-state index in [-0.39, 0.29) is 0 Å². The van der Waals surface area contributed by atoms with Crippen molar-refractivity contribution in [3.05, 3.63) is 30.1 Å². The first-order valence-corrected chi connectivity index (χ1v) is 7.29. The number of unbranched alkanes of at least 4 members (excludes halogenated alkanes) is 1. The van der Waals surface area contributed by atoms with Crippen LogP contribution in [0.3, 0.4) is 0 Å². The molecule has 1 heterocycles. The van der Waals surface area contributed by atoms with E-state index in [0.29, 0.717) is 5.56 Å². The van der Waals surface area contributed by atoms with Crippen molar-refractivity contribution in [2.75, 3.05) is 12.0 Å². The number of hydrogen-bond acceptors (Lipinski definition) is 3. The molecule has 0 saturated heterocycles. The van der Waals surface area contributed by atoms with Crippen LogP contribution in [0.5, 0.6) is 0 Å². The molecule has 0 saturated carbocycles. The second kappa shape index (κ2) is 5.91. The van der Waals surface area contributed by atoms with E-state index in [1.807, 2.05) is 16.3 Å². The molecule has 0 bridgehead atoms. The quantitative estimate of drug-likeness (QED) is 0.815. The van der Waals surface area contributed by atoms with Crippen LogP contribution >= 0.6 is 11.8 Å². The Morgan fingerprint density at radius 2 is 2.28 bits per heavy atom. The molecule has 5 heteroatoms. The number of aromatic nitrogens is 2. The van der Waals surface area contributed by atoms with Crippen LogP contribution in [0.1, 0.15) is 23.2 Å². The van der Waals surface area contributed by atoms with Gasteiger partial charge < -0.3 is 9.67 Å². The van der Waals surface area contributed by atoms with Gasteiger partial charge in [0.15, 0.2) is 0 Å². The zero-order valence-electron chi connectivity index (χ0n) is 10.3. The van der Waals surface area contributed by atoms with Crippen LogP contribution in [0, 0.1) is 0 Å². The fourth-order valence-corrected chi connectivity index (χ4v) is 2.39. The predicted molar refractivity (Wildman–Crippen MR) is 74.3 cm³/mol. The molecule has 0 amide bonds. The van der Waals surface area contributed by atoms with Crippen LogP contribution in [-0.4, -0.2) is 32.6 Å². The fourth-order valence-electron chi connectivity index (χ4n) is 1.90. The number of fused-ring (bicyclic) bond motifs is 1. The van der Waals surface area contributed by atoms with Crippen molar-refractivity contribution >= 4 is 28.8 Å². The van der Waals surface area contributed by atoms with Gasteiger partial charge in [-0.05, 0) is 43.0 Å². The van der Waals surface area contributed by atoms with Gasteiger partial charge in [0.2, 0.25) is 0 Å². The maximum absolute atomic E-state index is 10.9. The Kier molecular flexibility index (Phi) is 4.25. The third-order valence-corrected chi connectivity index (χ3v) is 3.56. The lowest BCUT2D eigenvalue weighted by atomic mass is 10.2. The summed E-state index contributed by atoms with van der Waals surface area (Å²) in [6.45, 7) is 0.889. The number of rotatable bonds is 6. The maximum atomic E-state index is 10.9. The monoisotopic (exact) mass is 264 g/mol. The molecule has 2 aromatic rings. The second-order valence-electron chi connectivity index (χ2n) is 4.15. The van der Waals surface area contributed by atoms with Gasteiger partial charge in [-0.25, -0.2) is 9.78 Å². The van der Waals surface area contributed by atoms with Gasteiger partial charge in [0.25, 0.3) is 0 Å². The molecule has 0 spiro atoms. The Bertz CT molecular complexity index is 551. The highest BCUT2D eigenvalue weighted by molar-refractivity contribution is 7.98. The molecule has 1 aromatic carbocycles. The number of imidazole rings is 1. The zero-order valence-corrected chi connectivity index (χ0v) is 11.1. The highest BCUT2D eigenvalue weighted by atomic mass is 32.2. The summed E-state index contributed by atoms with van der Waals surface area (Å²) >= 11 is 1.85. The largest absolute Gasteiger partial charge is 0.478 e.